The molecule has 0 heterocycles. The summed E-state index contributed by atoms with van der Waals surface area (Å²) in [5, 5.41) is 0. The first-order valence-corrected chi connectivity index (χ1v) is 7.04. The Labute approximate surface area is 124 Å². The first kappa shape index (κ1) is 15.3. The van der Waals surface area contributed by atoms with Gasteiger partial charge in [0.25, 0.3) is 0 Å². The summed E-state index contributed by atoms with van der Waals surface area (Å²) in [6.45, 7) is 4.30. The number of nitrogens with two attached hydrogens (primary N) is 1. The summed E-state index contributed by atoms with van der Waals surface area (Å²) in [6.07, 6.45) is 0.632. The smallest absolute Gasteiger partial charge is 0.169 e. The standard InChI is InChI=1S/C17H20FNO2/c1-3-20-16-6-4-5-7-17(16)21-15-9-8-13(10-12(2)19)11-14(15)18/h4-9,11-12H,3,10,19H2,1-2H3. The number of hydrogen-bond donors (Lipinski definition) is 1. The molecule has 1 atom stereocenters. The van der Waals surface area contributed by atoms with Crippen LogP contribution in [0.15, 0.2) is 42.5 Å². The Morgan fingerprint density at radius 1 is 1.10 bits per heavy atom. The molecular weight excluding hydrogens is 269 g/mol. The highest BCUT2D eigenvalue weighted by Gasteiger charge is 2.10. The van der Waals surface area contributed by atoms with Crippen LogP contribution in [0.2, 0.25) is 0 Å². The Balaban J connectivity index is 2.20. The van der Waals surface area contributed by atoms with E-state index >= 15 is 0 Å². The SMILES string of the molecule is CCOc1ccccc1Oc1ccc(CC(C)N)cc1F. The van der Waals surface area contributed by atoms with Gasteiger partial charge in [-0.25, -0.2) is 4.39 Å². The van der Waals surface area contributed by atoms with Crippen molar-refractivity contribution in [2.24, 2.45) is 5.73 Å². The van der Waals surface area contributed by atoms with Crippen LogP contribution < -0.4 is 15.2 Å². The van der Waals surface area contributed by atoms with Crippen molar-refractivity contribution in [2.75, 3.05) is 6.61 Å². The van der Waals surface area contributed by atoms with E-state index in [4.69, 9.17) is 15.2 Å². The van der Waals surface area contributed by atoms with Crippen LogP contribution in [0.3, 0.4) is 0 Å². The normalized spacial score (nSPS) is 12.0. The number of halogens is 1. The zero-order valence-corrected chi connectivity index (χ0v) is 12.3. The highest BCUT2D eigenvalue weighted by Crippen LogP contribution is 2.32. The van der Waals surface area contributed by atoms with E-state index in [1.54, 1.807) is 18.2 Å². The number of ether oxygens (including phenoxy) is 2. The van der Waals surface area contributed by atoms with Gasteiger partial charge in [-0.15, -0.1) is 0 Å². The molecule has 2 aromatic rings. The molecular formula is C17H20FNO2. The lowest BCUT2D eigenvalue weighted by molar-refractivity contribution is 0.318. The Morgan fingerprint density at radius 2 is 1.81 bits per heavy atom. The van der Waals surface area contributed by atoms with Gasteiger partial charge in [0.05, 0.1) is 6.61 Å². The van der Waals surface area contributed by atoms with Crippen molar-refractivity contribution >= 4 is 0 Å². The third kappa shape index (κ3) is 4.20. The second-order valence-electron chi connectivity index (χ2n) is 4.93. The van der Waals surface area contributed by atoms with Crippen molar-refractivity contribution in [3.05, 3.63) is 53.8 Å². The van der Waals surface area contributed by atoms with Crippen molar-refractivity contribution in [3.63, 3.8) is 0 Å². The van der Waals surface area contributed by atoms with Crippen LogP contribution in [0.5, 0.6) is 17.2 Å². The quantitative estimate of drug-likeness (QED) is 0.877. The minimum absolute atomic E-state index is 0.00477. The lowest BCUT2D eigenvalue weighted by atomic mass is 10.1. The highest BCUT2D eigenvalue weighted by molar-refractivity contribution is 5.43. The number of hydrogen-bond acceptors (Lipinski definition) is 3. The van der Waals surface area contributed by atoms with Crippen molar-refractivity contribution in [1.29, 1.82) is 0 Å². The third-order valence-corrected chi connectivity index (χ3v) is 2.92. The van der Waals surface area contributed by atoms with E-state index in [1.165, 1.54) is 6.07 Å². The second-order valence-corrected chi connectivity index (χ2v) is 4.93. The minimum atomic E-state index is -0.403. The Bertz CT molecular complexity index is 599. The molecule has 0 saturated carbocycles. The van der Waals surface area contributed by atoms with Gasteiger partial charge in [-0.1, -0.05) is 18.2 Å². The van der Waals surface area contributed by atoms with E-state index in [0.29, 0.717) is 24.5 Å². The van der Waals surface area contributed by atoms with Crippen LogP contribution in [0.4, 0.5) is 4.39 Å². The predicted octanol–water partition coefficient (Wildman–Crippen LogP) is 3.91. The molecule has 0 radical (unpaired) electrons. The van der Waals surface area contributed by atoms with E-state index in [2.05, 4.69) is 0 Å². The molecule has 2 aromatic carbocycles. The molecule has 3 nitrogen and oxygen atoms in total. The maximum Gasteiger partial charge on any atom is 0.169 e. The van der Waals surface area contributed by atoms with Gasteiger partial charge in [0, 0.05) is 6.04 Å². The number of rotatable bonds is 6. The topological polar surface area (TPSA) is 44.5 Å². The first-order valence-electron chi connectivity index (χ1n) is 7.04. The average Bonchev–Trinajstić information content (AvgIpc) is 2.43. The lowest BCUT2D eigenvalue weighted by Gasteiger charge is -2.12. The second kappa shape index (κ2) is 7.09. The van der Waals surface area contributed by atoms with E-state index in [1.807, 2.05) is 32.0 Å². The summed E-state index contributed by atoms with van der Waals surface area (Å²) in [6, 6.07) is 12.1. The third-order valence-electron chi connectivity index (χ3n) is 2.92. The van der Waals surface area contributed by atoms with Gasteiger partial charge >= 0.3 is 0 Å². The Kier molecular flexibility index (Phi) is 5.17. The predicted molar refractivity (Wildman–Crippen MR) is 81.4 cm³/mol. The molecule has 4 heteroatoms. The fraction of sp³-hybridized carbons (Fsp3) is 0.294. The Hall–Kier alpha value is -2.07. The molecule has 0 bridgehead atoms. The van der Waals surface area contributed by atoms with Crippen LogP contribution in [0.25, 0.3) is 0 Å². The average molecular weight is 289 g/mol. The molecule has 2 N–H and O–H groups in total. The summed E-state index contributed by atoms with van der Waals surface area (Å²) in [4.78, 5) is 0. The van der Waals surface area contributed by atoms with Crippen LogP contribution in [0.1, 0.15) is 19.4 Å². The number of benzene rings is 2. The summed E-state index contributed by atoms with van der Waals surface area (Å²) >= 11 is 0. The molecule has 0 spiro atoms. The fourth-order valence-electron chi connectivity index (χ4n) is 2.05. The van der Waals surface area contributed by atoms with Crippen LogP contribution in [-0.2, 0) is 6.42 Å². The molecule has 1 unspecified atom stereocenters. The van der Waals surface area contributed by atoms with E-state index in [9.17, 15) is 4.39 Å². The highest BCUT2D eigenvalue weighted by atomic mass is 19.1. The maximum atomic E-state index is 14.1. The summed E-state index contributed by atoms with van der Waals surface area (Å²) < 4.78 is 25.2. The van der Waals surface area contributed by atoms with Crippen LogP contribution in [0, 0.1) is 5.82 Å². The molecule has 21 heavy (non-hydrogen) atoms. The van der Waals surface area contributed by atoms with Crippen molar-refractivity contribution in [3.8, 4) is 17.2 Å². The molecule has 112 valence electrons. The largest absolute Gasteiger partial charge is 0.490 e. The molecule has 0 aliphatic carbocycles. The molecule has 0 aliphatic rings. The Morgan fingerprint density at radius 3 is 2.43 bits per heavy atom. The van der Waals surface area contributed by atoms with Gasteiger partial charge in [-0.2, -0.15) is 0 Å². The van der Waals surface area contributed by atoms with Crippen LogP contribution >= 0.6 is 0 Å². The molecule has 0 aromatic heterocycles. The number of para-hydroxylation sites is 2. The van der Waals surface area contributed by atoms with Crippen molar-refractivity contribution < 1.29 is 13.9 Å². The first-order chi connectivity index (χ1) is 10.1. The lowest BCUT2D eigenvalue weighted by Crippen LogP contribution is -2.17. The summed E-state index contributed by atoms with van der Waals surface area (Å²) in [5.41, 5.74) is 6.57. The molecule has 2 rings (SSSR count). The van der Waals surface area contributed by atoms with E-state index in [0.717, 1.165) is 5.56 Å². The zero-order valence-electron chi connectivity index (χ0n) is 12.3. The van der Waals surface area contributed by atoms with Crippen molar-refractivity contribution in [2.45, 2.75) is 26.3 Å². The molecule has 0 fully saturated rings. The van der Waals surface area contributed by atoms with Crippen molar-refractivity contribution in [1.82, 2.24) is 0 Å². The summed E-state index contributed by atoms with van der Waals surface area (Å²) in [5.74, 6) is 0.868. The van der Waals surface area contributed by atoms with Gasteiger partial charge in [-0.3, -0.25) is 0 Å². The fourth-order valence-corrected chi connectivity index (χ4v) is 2.05. The minimum Gasteiger partial charge on any atom is -0.490 e. The van der Waals surface area contributed by atoms with E-state index < -0.39 is 5.82 Å². The van der Waals surface area contributed by atoms with Gasteiger partial charge < -0.3 is 15.2 Å². The van der Waals surface area contributed by atoms with Crippen LogP contribution in [-0.4, -0.2) is 12.6 Å². The zero-order chi connectivity index (χ0) is 15.2. The monoisotopic (exact) mass is 289 g/mol. The summed E-state index contributed by atoms with van der Waals surface area (Å²) in [7, 11) is 0. The van der Waals surface area contributed by atoms with Gasteiger partial charge in [-0.05, 0) is 50.1 Å². The van der Waals surface area contributed by atoms with Gasteiger partial charge in [0.15, 0.2) is 23.1 Å². The molecule has 0 aliphatic heterocycles. The van der Waals surface area contributed by atoms with E-state index in [-0.39, 0.29) is 11.8 Å². The molecule has 0 amide bonds. The maximum absolute atomic E-state index is 14.1. The molecule has 0 saturated heterocycles. The van der Waals surface area contributed by atoms with Gasteiger partial charge in [0.2, 0.25) is 0 Å². The van der Waals surface area contributed by atoms with Gasteiger partial charge in [0.1, 0.15) is 0 Å².